The van der Waals surface area contributed by atoms with E-state index in [9.17, 15) is 0 Å². The number of nitrogens with one attached hydrogen (secondary N) is 1. The highest BCUT2D eigenvalue weighted by Gasteiger charge is 2.14. The van der Waals surface area contributed by atoms with Gasteiger partial charge < -0.3 is 10.1 Å². The number of rotatable bonds is 5. The third-order valence-electron chi connectivity index (χ3n) is 3.32. The molecule has 114 valence electrons. The Kier molecular flexibility index (Phi) is 9.81. The number of hydrogen-bond donors (Lipinski definition) is 2. The van der Waals surface area contributed by atoms with Crippen LogP contribution in [0.3, 0.4) is 0 Å². The first-order valence-electron chi connectivity index (χ1n) is 7.83. The van der Waals surface area contributed by atoms with Gasteiger partial charge in [-0.1, -0.05) is 44.5 Å². The van der Waals surface area contributed by atoms with Crippen LogP contribution in [0.15, 0.2) is 24.3 Å². The van der Waals surface area contributed by atoms with E-state index in [1.807, 2.05) is 0 Å². The molecule has 1 aliphatic heterocycles. The summed E-state index contributed by atoms with van der Waals surface area (Å²) in [6.07, 6.45) is 5.16. The first-order valence-corrected chi connectivity index (χ1v) is 8.47. The molecule has 1 saturated heterocycles. The van der Waals surface area contributed by atoms with Gasteiger partial charge in [0.1, 0.15) is 0 Å². The van der Waals surface area contributed by atoms with Crippen LogP contribution < -0.4 is 5.32 Å². The van der Waals surface area contributed by atoms with Gasteiger partial charge in [-0.05, 0) is 36.1 Å². The third-order valence-corrected chi connectivity index (χ3v) is 3.77. The molecule has 0 aromatic heterocycles. The Balaban J connectivity index is 0.000000444. The molecular weight excluding hydrogens is 266 g/mol. The van der Waals surface area contributed by atoms with Crippen molar-refractivity contribution in [2.75, 3.05) is 25.4 Å². The number of unbranched alkanes of at least 4 members (excludes halogenated alkanes) is 1. The molecule has 3 heteroatoms. The minimum absolute atomic E-state index is 0.244. The van der Waals surface area contributed by atoms with E-state index >= 15 is 0 Å². The molecule has 1 heterocycles. The normalized spacial score (nSPS) is 18.2. The van der Waals surface area contributed by atoms with Gasteiger partial charge >= 0.3 is 0 Å². The quantitative estimate of drug-likeness (QED) is 0.801. The Bertz CT molecular complexity index is 331. The lowest BCUT2D eigenvalue weighted by Crippen LogP contribution is -2.33. The van der Waals surface area contributed by atoms with Crippen LogP contribution in [0, 0.1) is 0 Å². The minimum Gasteiger partial charge on any atom is -0.371 e. The summed E-state index contributed by atoms with van der Waals surface area (Å²) in [5, 5.41) is 3.36. The van der Waals surface area contributed by atoms with Crippen LogP contribution >= 0.6 is 12.6 Å². The summed E-state index contributed by atoms with van der Waals surface area (Å²) in [5.41, 5.74) is 2.74. The summed E-state index contributed by atoms with van der Waals surface area (Å²) in [6.45, 7) is 7.07. The molecular formula is C17H29NOS. The van der Waals surface area contributed by atoms with Crippen molar-refractivity contribution in [2.24, 2.45) is 0 Å². The average molecular weight is 295 g/mol. The molecule has 0 amide bonds. The van der Waals surface area contributed by atoms with Gasteiger partial charge in [0.05, 0.1) is 12.7 Å². The summed E-state index contributed by atoms with van der Waals surface area (Å²) >= 11 is 3.92. The van der Waals surface area contributed by atoms with Crippen molar-refractivity contribution >= 4 is 12.6 Å². The van der Waals surface area contributed by atoms with E-state index in [4.69, 9.17) is 4.74 Å². The smallest absolute Gasteiger partial charge is 0.0949 e. The van der Waals surface area contributed by atoms with Crippen LogP contribution in [0.25, 0.3) is 0 Å². The first-order chi connectivity index (χ1) is 9.81. The number of hydrogen-bond acceptors (Lipinski definition) is 3. The van der Waals surface area contributed by atoms with Crippen LogP contribution in [0.4, 0.5) is 0 Å². The van der Waals surface area contributed by atoms with Crippen molar-refractivity contribution in [3.63, 3.8) is 0 Å². The molecule has 1 aliphatic rings. The highest BCUT2D eigenvalue weighted by molar-refractivity contribution is 7.80. The van der Waals surface area contributed by atoms with Gasteiger partial charge in [0.25, 0.3) is 0 Å². The van der Waals surface area contributed by atoms with Gasteiger partial charge in [0.15, 0.2) is 0 Å². The molecule has 2 rings (SSSR count). The van der Waals surface area contributed by atoms with Crippen LogP contribution in [0.1, 0.15) is 50.3 Å². The maximum Gasteiger partial charge on any atom is 0.0949 e. The Labute approximate surface area is 129 Å². The fourth-order valence-corrected chi connectivity index (χ4v) is 2.06. The molecule has 1 aromatic rings. The van der Waals surface area contributed by atoms with Crippen molar-refractivity contribution in [1.82, 2.24) is 5.32 Å². The van der Waals surface area contributed by atoms with Crippen molar-refractivity contribution in [3.8, 4) is 0 Å². The molecule has 0 aliphatic carbocycles. The predicted molar refractivity (Wildman–Crippen MR) is 90.8 cm³/mol. The summed E-state index contributed by atoms with van der Waals surface area (Å²) in [7, 11) is 0. The fraction of sp³-hybridized carbons (Fsp3) is 0.647. The Morgan fingerprint density at radius 2 is 1.90 bits per heavy atom. The molecule has 1 atom stereocenters. The van der Waals surface area contributed by atoms with Crippen LogP contribution in [-0.4, -0.2) is 25.4 Å². The molecule has 1 N–H and O–H groups in total. The van der Waals surface area contributed by atoms with E-state index in [0.717, 1.165) is 25.4 Å². The summed E-state index contributed by atoms with van der Waals surface area (Å²) in [6, 6.07) is 8.90. The molecule has 0 spiro atoms. The fourth-order valence-electron chi connectivity index (χ4n) is 2.06. The van der Waals surface area contributed by atoms with E-state index < -0.39 is 0 Å². The SMILES string of the molecule is CCCCc1ccc(C2CNCCO2)cc1.CCCS. The molecule has 1 fully saturated rings. The van der Waals surface area contributed by atoms with Gasteiger partial charge in [0.2, 0.25) is 0 Å². The number of ether oxygens (including phenoxy) is 1. The zero-order valence-electron chi connectivity index (χ0n) is 12.9. The van der Waals surface area contributed by atoms with Gasteiger partial charge in [-0.2, -0.15) is 12.6 Å². The topological polar surface area (TPSA) is 21.3 Å². The van der Waals surface area contributed by atoms with Gasteiger partial charge in [0, 0.05) is 13.1 Å². The largest absolute Gasteiger partial charge is 0.371 e. The van der Waals surface area contributed by atoms with Crippen molar-refractivity contribution in [2.45, 2.75) is 45.6 Å². The number of benzene rings is 1. The predicted octanol–water partition coefficient (Wildman–Crippen LogP) is 4.02. The highest BCUT2D eigenvalue weighted by atomic mass is 32.1. The second-order valence-corrected chi connectivity index (χ2v) is 5.58. The lowest BCUT2D eigenvalue weighted by molar-refractivity contribution is 0.0277. The molecule has 1 aromatic carbocycles. The average Bonchev–Trinajstić information content (AvgIpc) is 2.54. The van der Waals surface area contributed by atoms with E-state index in [0.29, 0.717) is 0 Å². The number of thiol groups is 1. The zero-order valence-corrected chi connectivity index (χ0v) is 13.8. The van der Waals surface area contributed by atoms with Crippen LogP contribution in [0.2, 0.25) is 0 Å². The van der Waals surface area contributed by atoms with E-state index in [1.165, 1.54) is 36.8 Å². The minimum atomic E-state index is 0.244. The standard InChI is InChI=1S/C14H21NO.C3H8S/c1-2-3-4-12-5-7-13(8-6-12)14-11-15-9-10-16-14;1-2-3-4/h5-8,14-15H,2-4,9-11H2,1H3;4H,2-3H2,1H3. The Morgan fingerprint density at radius 3 is 2.40 bits per heavy atom. The van der Waals surface area contributed by atoms with Gasteiger partial charge in [-0.25, -0.2) is 0 Å². The lowest BCUT2D eigenvalue weighted by Gasteiger charge is -2.24. The Hall–Kier alpha value is -0.510. The maximum atomic E-state index is 5.72. The zero-order chi connectivity index (χ0) is 14.6. The van der Waals surface area contributed by atoms with Crippen LogP contribution in [0.5, 0.6) is 0 Å². The summed E-state index contributed by atoms with van der Waals surface area (Å²) in [4.78, 5) is 0. The second kappa shape index (κ2) is 11.2. The molecule has 2 nitrogen and oxygen atoms in total. The van der Waals surface area contributed by atoms with E-state index in [-0.39, 0.29) is 6.10 Å². The maximum absolute atomic E-state index is 5.72. The second-order valence-electron chi connectivity index (χ2n) is 5.13. The lowest BCUT2D eigenvalue weighted by atomic mass is 10.0. The van der Waals surface area contributed by atoms with Gasteiger partial charge in [-0.15, -0.1) is 0 Å². The van der Waals surface area contributed by atoms with Gasteiger partial charge in [-0.3, -0.25) is 0 Å². The molecule has 0 radical (unpaired) electrons. The highest BCUT2D eigenvalue weighted by Crippen LogP contribution is 2.19. The number of morpholine rings is 1. The van der Waals surface area contributed by atoms with Crippen molar-refractivity contribution in [1.29, 1.82) is 0 Å². The Morgan fingerprint density at radius 1 is 1.20 bits per heavy atom. The molecule has 1 unspecified atom stereocenters. The monoisotopic (exact) mass is 295 g/mol. The molecule has 0 saturated carbocycles. The van der Waals surface area contributed by atoms with Crippen molar-refractivity contribution < 1.29 is 4.74 Å². The summed E-state index contributed by atoms with van der Waals surface area (Å²) in [5.74, 6) is 1.01. The molecule has 20 heavy (non-hydrogen) atoms. The van der Waals surface area contributed by atoms with Crippen LogP contribution in [-0.2, 0) is 11.2 Å². The third kappa shape index (κ3) is 6.78. The summed E-state index contributed by atoms with van der Waals surface area (Å²) < 4.78 is 5.72. The van der Waals surface area contributed by atoms with E-state index in [1.54, 1.807) is 0 Å². The number of aryl methyl sites for hydroxylation is 1. The van der Waals surface area contributed by atoms with Crippen molar-refractivity contribution in [3.05, 3.63) is 35.4 Å². The molecule has 0 bridgehead atoms. The van der Waals surface area contributed by atoms with E-state index in [2.05, 4.69) is 56.1 Å². The first kappa shape index (κ1) is 17.5.